The number of carbonyl (C=O) groups excluding carboxylic acids is 1. The zero-order chi connectivity index (χ0) is 13.3. The first kappa shape index (κ1) is 12.5. The van der Waals surface area contributed by atoms with E-state index in [0.717, 1.165) is 5.56 Å². The largest absolute Gasteiger partial charge is 0.354 e. The molecule has 96 valence electrons. The van der Waals surface area contributed by atoms with Crippen LogP contribution in [0.25, 0.3) is 0 Å². The molecule has 5 heteroatoms. The maximum Gasteiger partial charge on any atom is 0.256 e. The molecule has 0 spiro atoms. The zero-order valence-electron chi connectivity index (χ0n) is 10.6. The van der Waals surface area contributed by atoms with Crippen molar-refractivity contribution in [1.29, 1.82) is 0 Å². The van der Waals surface area contributed by atoms with Gasteiger partial charge in [-0.1, -0.05) is 17.7 Å². The van der Waals surface area contributed by atoms with Crippen LogP contribution in [0.5, 0.6) is 0 Å². The van der Waals surface area contributed by atoms with Gasteiger partial charge in [0.2, 0.25) is 0 Å². The molecule has 4 nitrogen and oxygen atoms in total. The van der Waals surface area contributed by atoms with E-state index in [1.165, 1.54) is 6.07 Å². The van der Waals surface area contributed by atoms with E-state index < -0.39 is 11.9 Å². The van der Waals surface area contributed by atoms with E-state index in [1.54, 1.807) is 12.1 Å². The summed E-state index contributed by atoms with van der Waals surface area (Å²) in [4.78, 5) is 16.0. The first-order valence-corrected chi connectivity index (χ1v) is 5.88. The molecule has 2 N–H and O–H groups in total. The molecule has 1 aliphatic rings. The lowest BCUT2D eigenvalue weighted by atomic mass is 10.0. The van der Waals surface area contributed by atoms with Gasteiger partial charge in [-0.2, -0.15) is 0 Å². The molecule has 1 heterocycles. The molecule has 1 aromatic rings. The minimum absolute atomic E-state index is 0.158. The Morgan fingerprint density at radius 2 is 2.17 bits per heavy atom. The minimum atomic E-state index is -0.800. The molecular formula is C13H16FN3O. The van der Waals surface area contributed by atoms with E-state index >= 15 is 0 Å². The van der Waals surface area contributed by atoms with Crippen molar-refractivity contribution in [3.8, 4) is 0 Å². The second-order valence-electron chi connectivity index (χ2n) is 4.69. The number of nitrogens with one attached hydrogen (secondary N) is 2. The van der Waals surface area contributed by atoms with Crippen LogP contribution in [0, 0.1) is 12.7 Å². The number of hydrogen-bond donors (Lipinski definition) is 2. The van der Waals surface area contributed by atoms with Gasteiger partial charge in [-0.05, 0) is 26.8 Å². The number of rotatable bonds is 2. The molecule has 1 aromatic carbocycles. The van der Waals surface area contributed by atoms with Gasteiger partial charge in [-0.15, -0.1) is 0 Å². The molecule has 0 bridgehead atoms. The van der Waals surface area contributed by atoms with Crippen molar-refractivity contribution in [1.82, 2.24) is 10.6 Å². The summed E-state index contributed by atoms with van der Waals surface area (Å²) in [7, 11) is 0. The number of aliphatic imine (C=N–C) groups is 1. The highest BCUT2D eigenvalue weighted by atomic mass is 19.1. The van der Waals surface area contributed by atoms with E-state index in [4.69, 9.17) is 0 Å². The predicted molar refractivity (Wildman–Crippen MR) is 67.7 cm³/mol. The van der Waals surface area contributed by atoms with E-state index in [1.807, 2.05) is 20.8 Å². The van der Waals surface area contributed by atoms with Crippen molar-refractivity contribution in [2.45, 2.75) is 32.9 Å². The van der Waals surface area contributed by atoms with Crippen molar-refractivity contribution >= 4 is 11.9 Å². The van der Waals surface area contributed by atoms with Crippen molar-refractivity contribution in [3.05, 3.63) is 35.1 Å². The van der Waals surface area contributed by atoms with Gasteiger partial charge in [0.15, 0.2) is 12.0 Å². The van der Waals surface area contributed by atoms with Gasteiger partial charge in [0.1, 0.15) is 5.82 Å². The molecule has 18 heavy (non-hydrogen) atoms. The van der Waals surface area contributed by atoms with Crippen LogP contribution in [0.1, 0.15) is 31.0 Å². The summed E-state index contributed by atoms with van der Waals surface area (Å²) in [6.45, 7) is 5.73. The third-order valence-corrected chi connectivity index (χ3v) is 2.62. The van der Waals surface area contributed by atoms with Gasteiger partial charge in [-0.25, -0.2) is 9.38 Å². The molecule has 0 aromatic heterocycles. The molecule has 1 aliphatic heterocycles. The lowest BCUT2D eigenvalue weighted by molar-refractivity contribution is -0.120. The van der Waals surface area contributed by atoms with E-state index in [2.05, 4.69) is 15.6 Å². The molecule has 0 saturated carbocycles. The standard InChI is InChI=1S/C13H16FN3O/c1-7(2)15-13-16-11(12(18)17-13)9-6-8(3)4-5-10(9)14/h4-7,11H,1-3H3,(H2,15,16,17,18). The molecule has 0 saturated heterocycles. The number of benzene rings is 1. The van der Waals surface area contributed by atoms with E-state index in [9.17, 15) is 9.18 Å². The molecule has 2 rings (SSSR count). The van der Waals surface area contributed by atoms with Gasteiger partial charge in [0.05, 0.1) is 0 Å². The van der Waals surface area contributed by atoms with Crippen LogP contribution in [0.15, 0.2) is 23.2 Å². The molecule has 1 unspecified atom stereocenters. The SMILES string of the molecule is Cc1ccc(F)c(C2N=C(NC(C)C)NC2=O)c1. The number of aryl methyl sites for hydroxylation is 1. The van der Waals surface area contributed by atoms with Crippen LogP contribution < -0.4 is 10.6 Å². The number of guanidine groups is 1. The van der Waals surface area contributed by atoms with Gasteiger partial charge in [0, 0.05) is 11.6 Å². The monoisotopic (exact) mass is 249 g/mol. The maximum absolute atomic E-state index is 13.7. The Morgan fingerprint density at radius 3 is 2.83 bits per heavy atom. The quantitative estimate of drug-likeness (QED) is 0.837. The van der Waals surface area contributed by atoms with Crippen molar-refractivity contribution in [3.63, 3.8) is 0 Å². The summed E-state index contributed by atoms with van der Waals surface area (Å²) in [6.07, 6.45) is 0. The van der Waals surface area contributed by atoms with Crippen LogP contribution in [0.4, 0.5) is 4.39 Å². The Labute approximate surface area is 105 Å². The van der Waals surface area contributed by atoms with Gasteiger partial charge >= 0.3 is 0 Å². The Balaban J connectivity index is 2.30. The lowest BCUT2D eigenvalue weighted by Gasteiger charge is -2.07. The van der Waals surface area contributed by atoms with E-state index in [0.29, 0.717) is 11.5 Å². The second kappa shape index (κ2) is 4.76. The maximum atomic E-state index is 13.7. The minimum Gasteiger partial charge on any atom is -0.354 e. The smallest absolute Gasteiger partial charge is 0.256 e. The number of halogens is 1. The third kappa shape index (κ3) is 2.50. The van der Waals surface area contributed by atoms with Crippen LogP contribution >= 0.6 is 0 Å². The molecule has 1 atom stereocenters. The van der Waals surface area contributed by atoms with Crippen molar-refractivity contribution < 1.29 is 9.18 Å². The lowest BCUT2D eigenvalue weighted by Crippen LogP contribution is -2.40. The average Bonchev–Trinajstić information content (AvgIpc) is 2.62. The average molecular weight is 249 g/mol. The number of hydrogen-bond acceptors (Lipinski definition) is 3. The number of amides is 1. The summed E-state index contributed by atoms with van der Waals surface area (Å²) in [5.74, 6) is -0.307. The normalized spacial score (nSPS) is 18.8. The fourth-order valence-corrected chi connectivity index (χ4v) is 1.84. The molecular weight excluding hydrogens is 233 g/mol. The van der Waals surface area contributed by atoms with Crippen LogP contribution in [0.2, 0.25) is 0 Å². The van der Waals surface area contributed by atoms with Crippen molar-refractivity contribution in [2.75, 3.05) is 0 Å². The summed E-state index contributed by atoms with van der Waals surface area (Å²) in [6, 6.07) is 4.04. The van der Waals surface area contributed by atoms with Crippen LogP contribution in [-0.4, -0.2) is 17.9 Å². The summed E-state index contributed by atoms with van der Waals surface area (Å²) in [5, 5.41) is 5.62. The first-order valence-electron chi connectivity index (χ1n) is 5.88. The summed E-state index contributed by atoms with van der Waals surface area (Å²) < 4.78 is 13.7. The Kier molecular flexibility index (Phi) is 3.32. The van der Waals surface area contributed by atoms with E-state index in [-0.39, 0.29) is 11.9 Å². The summed E-state index contributed by atoms with van der Waals surface area (Å²) >= 11 is 0. The number of nitrogens with zero attached hydrogens (tertiary/aromatic N) is 1. The Bertz CT molecular complexity index is 511. The molecule has 0 aliphatic carbocycles. The topological polar surface area (TPSA) is 53.5 Å². The molecule has 1 amide bonds. The highest BCUT2D eigenvalue weighted by Gasteiger charge is 2.30. The second-order valence-corrected chi connectivity index (χ2v) is 4.69. The molecule has 0 radical (unpaired) electrons. The molecule has 0 fully saturated rings. The van der Waals surface area contributed by atoms with Gasteiger partial charge < -0.3 is 5.32 Å². The Hall–Kier alpha value is -1.91. The highest BCUT2D eigenvalue weighted by molar-refractivity contribution is 6.05. The fourth-order valence-electron chi connectivity index (χ4n) is 1.84. The first-order chi connectivity index (χ1) is 8.47. The Morgan fingerprint density at radius 1 is 1.44 bits per heavy atom. The van der Waals surface area contributed by atoms with Gasteiger partial charge in [0.25, 0.3) is 5.91 Å². The van der Waals surface area contributed by atoms with Gasteiger partial charge in [-0.3, -0.25) is 10.1 Å². The van der Waals surface area contributed by atoms with Crippen LogP contribution in [0.3, 0.4) is 0 Å². The zero-order valence-corrected chi connectivity index (χ0v) is 10.6. The predicted octanol–water partition coefficient (Wildman–Crippen LogP) is 1.66. The van der Waals surface area contributed by atoms with Crippen molar-refractivity contribution in [2.24, 2.45) is 4.99 Å². The van der Waals surface area contributed by atoms with Crippen LogP contribution in [-0.2, 0) is 4.79 Å². The highest BCUT2D eigenvalue weighted by Crippen LogP contribution is 2.24. The number of carbonyl (C=O) groups is 1. The third-order valence-electron chi connectivity index (χ3n) is 2.62. The summed E-state index contributed by atoms with van der Waals surface area (Å²) in [5.41, 5.74) is 1.22. The fraction of sp³-hybridized carbons (Fsp3) is 0.385.